The minimum absolute atomic E-state index is 0.171. The van der Waals surface area contributed by atoms with E-state index in [4.69, 9.17) is 9.96 Å². The number of hydrogen-bond donors (Lipinski definition) is 0. The van der Waals surface area contributed by atoms with E-state index in [2.05, 4.69) is 48.5 Å². The van der Waals surface area contributed by atoms with Crippen LogP contribution in [0.5, 0.6) is 0 Å². The van der Waals surface area contributed by atoms with E-state index in [0.717, 1.165) is 0 Å². The Morgan fingerprint density at radius 2 is 1.39 bits per heavy atom. The number of allylic oxidation sites excluding steroid dienone is 4. The van der Waals surface area contributed by atoms with Gasteiger partial charge in [0, 0.05) is 0 Å². The molecule has 0 aliphatic heterocycles. The fourth-order valence-electron chi connectivity index (χ4n) is 5.29. The average molecular weight is 358 g/mol. The minimum atomic E-state index is -3.48. The summed E-state index contributed by atoms with van der Waals surface area (Å²) in [6.45, 7) is 16.4. The molecule has 5 unspecified atom stereocenters. The third-order valence-electron chi connectivity index (χ3n) is 7.31. The monoisotopic (exact) mass is 358 g/mol. The molecule has 2 aliphatic rings. The second-order valence-corrected chi connectivity index (χ2v) is 12.9. The predicted molar refractivity (Wildman–Crippen MR) is 91.5 cm³/mol. The van der Waals surface area contributed by atoms with Crippen molar-refractivity contribution in [2.75, 3.05) is 21.3 Å². The van der Waals surface area contributed by atoms with Crippen LogP contribution in [0.4, 0.5) is 0 Å². The Kier molecular flexibility index (Phi) is 5.42. The molecule has 132 valence electrons. The summed E-state index contributed by atoms with van der Waals surface area (Å²) < 4.78 is 18.0. The third-order valence-corrected chi connectivity index (χ3v) is 12.9. The van der Waals surface area contributed by atoms with E-state index in [1.54, 1.807) is 26.9 Å². The van der Waals surface area contributed by atoms with Crippen LogP contribution in [0.3, 0.4) is 0 Å². The molecule has 0 saturated carbocycles. The summed E-state index contributed by atoms with van der Waals surface area (Å²) in [7, 11) is 5.29. The molecule has 0 heterocycles. The van der Waals surface area contributed by atoms with Crippen molar-refractivity contribution in [3.63, 3.8) is 0 Å². The van der Waals surface area contributed by atoms with Crippen molar-refractivity contribution in [1.82, 2.24) is 0 Å². The van der Waals surface area contributed by atoms with E-state index >= 15 is 0 Å². The van der Waals surface area contributed by atoms with Crippen LogP contribution in [0.15, 0.2) is 22.3 Å². The molecule has 4 heteroatoms. The van der Waals surface area contributed by atoms with Crippen molar-refractivity contribution in [1.29, 1.82) is 0 Å². The molecule has 5 atom stereocenters. The number of rotatable bonds is 4. The van der Waals surface area contributed by atoms with Gasteiger partial charge < -0.3 is 0 Å². The Balaban J connectivity index is 2.81. The molecule has 0 N–H and O–H groups in total. The number of hydrogen-bond acceptors (Lipinski definition) is 3. The van der Waals surface area contributed by atoms with Crippen LogP contribution in [0.25, 0.3) is 0 Å². The fraction of sp³-hybridized carbons (Fsp3) is 0.789. The molecule has 2 aliphatic carbocycles. The Morgan fingerprint density at radius 3 is 1.83 bits per heavy atom. The van der Waals surface area contributed by atoms with Gasteiger partial charge in [-0.3, -0.25) is 0 Å². The Hall–Kier alpha value is 0.0743. The molecule has 0 amide bonds. The molecule has 2 rings (SSSR count). The van der Waals surface area contributed by atoms with E-state index < -0.39 is 17.8 Å². The van der Waals surface area contributed by atoms with Gasteiger partial charge in [-0.25, -0.2) is 0 Å². The molecular weight excluding hydrogens is 324 g/mol. The van der Waals surface area contributed by atoms with Gasteiger partial charge in [0.2, 0.25) is 0 Å². The van der Waals surface area contributed by atoms with E-state index in [1.165, 1.54) is 16.7 Å². The van der Waals surface area contributed by atoms with Crippen LogP contribution >= 0.6 is 0 Å². The SMILES string of the molecule is C[O][Ti]([O]C)([O]C)[C]1(C)C2=C(C(C)C(C)=C2C)C(C)C(C)C1C. The summed E-state index contributed by atoms with van der Waals surface area (Å²) in [5.74, 6) is 2.12. The third kappa shape index (κ3) is 2.31. The average Bonchev–Trinajstić information content (AvgIpc) is 2.78. The quantitative estimate of drug-likeness (QED) is 0.646. The van der Waals surface area contributed by atoms with Crippen molar-refractivity contribution in [3.8, 4) is 0 Å². The van der Waals surface area contributed by atoms with Gasteiger partial charge >= 0.3 is 147 Å². The van der Waals surface area contributed by atoms with Crippen molar-refractivity contribution >= 4 is 0 Å². The second-order valence-electron chi connectivity index (χ2n) is 7.67. The van der Waals surface area contributed by atoms with Crippen LogP contribution in [0.1, 0.15) is 48.5 Å². The molecule has 0 aromatic rings. The predicted octanol–water partition coefficient (Wildman–Crippen LogP) is 5.21. The molecule has 0 spiro atoms. The summed E-state index contributed by atoms with van der Waals surface area (Å²) >= 11 is -3.48. The van der Waals surface area contributed by atoms with E-state index in [9.17, 15) is 0 Å². The molecule has 0 saturated heterocycles. The maximum atomic E-state index is 6.05. The first-order chi connectivity index (χ1) is 10.6. The normalized spacial score (nSPS) is 38.3. The van der Waals surface area contributed by atoms with Crippen molar-refractivity contribution in [2.45, 2.75) is 52.2 Å². The summed E-state index contributed by atoms with van der Waals surface area (Å²) in [5, 5.41) is 0. The van der Waals surface area contributed by atoms with Crippen molar-refractivity contribution < 1.29 is 27.7 Å². The van der Waals surface area contributed by atoms with Gasteiger partial charge in [-0.05, 0) is 0 Å². The van der Waals surface area contributed by atoms with Gasteiger partial charge in [0.15, 0.2) is 0 Å². The van der Waals surface area contributed by atoms with Crippen LogP contribution in [0, 0.1) is 23.7 Å². The van der Waals surface area contributed by atoms with Crippen molar-refractivity contribution in [3.05, 3.63) is 22.3 Å². The standard InChI is InChI=1S/C16H25.3CH3O.Ti/c1-8-9(2)12(5)16-14(7)10(3)13(6)15(16)11(8)4;3*1-2;/h8-9,11,13H,1-7H3;3*1H3;/q;3*-1;+3. The van der Waals surface area contributed by atoms with E-state index in [0.29, 0.717) is 23.7 Å². The molecule has 0 aromatic carbocycles. The summed E-state index contributed by atoms with van der Waals surface area (Å²) in [6, 6.07) is 0. The Labute approximate surface area is 147 Å². The molecule has 3 nitrogen and oxygen atoms in total. The van der Waals surface area contributed by atoms with Gasteiger partial charge in [-0.15, -0.1) is 0 Å². The Morgan fingerprint density at radius 1 is 0.913 bits per heavy atom. The van der Waals surface area contributed by atoms with Crippen LogP contribution in [-0.2, 0) is 27.7 Å². The topological polar surface area (TPSA) is 27.7 Å². The first kappa shape index (κ1) is 19.4. The zero-order valence-corrected chi connectivity index (χ0v) is 18.1. The van der Waals surface area contributed by atoms with Crippen LogP contribution < -0.4 is 0 Å². The van der Waals surface area contributed by atoms with Gasteiger partial charge in [0.1, 0.15) is 0 Å². The fourth-order valence-corrected chi connectivity index (χ4v) is 10.3. The molecule has 23 heavy (non-hydrogen) atoms. The van der Waals surface area contributed by atoms with Gasteiger partial charge in [0.05, 0.1) is 0 Å². The van der Waals surface area contributed by atoms with Crippen LogP contribution in [-0.4, -0.2) is 21.3 Å². The molecule has 0 radical (unpaired) electrons. The first-order valence-electron chi connectivity index (χ1n) is 8.72. The van der Waals surface area contributed by atoms with E-state index in [-0.39, 0.29) is 3.72 Å². The van der Waals surface area contributed by atoms with Gasteiger partial charge in [-0.1, -0.05) is 0 Å². The second kappa shape index (κ2) is 6.42. The molecule has 0 aromatic heterocycles. The van der Waals surface area contributed by atoms with E-state index in [1.807, 2.05) is 0 Å². The summed E-state index contributed by atoms with van der Waals surface area (Å²) in [4.78, 5) is 0. The Bertz CT molecular complexity index is 539. The van der Waals surface area contributed by atoms with Crippen molar-refractivity contribution in [2.24, 2.45) is 23.7 Å². The van der Waals surface area contributed by atoms with Gasteiger partial charge in [0.25, 0.3) is 0 Å². The zero-order chi connectivity index (χ0) is 17.7. The zero-order valence-electron chi connectivity index (χ0n) is 16.5. The van der Waals surface area contributed by atoms with Gasteiger partial charge in [-0.2, -0.15) is 0 Å². The first-order valence-corrected chi connectivity index (χ1v) is 11.4. The summed E-state index contributed by atoms with van der Waals surface area (Å²) in [5.41, 5.74) is 6.00. The molecule has 0 bridgehead atoms. The van der Waals surface area contributed by atoms with Crippen LogP contribution in [0.2, 0.25) is 3.72 Å². The molecule has 0 fully saturated rings. The maximum absolute atomic E-state index is 6.05. The molecular formula is C19H34O3Ti. The summed E-state index contributed by atoms with van der Waals surface area (Å²) in [6.07, 6.45) is 0.